The number of alkyl halides is 9. The quantitative estimate of drug-likeness (QED) is 0.0576. The molecule has 0 aromatic heterocycles. The lowest BCUT2D eigenvalue weighted by Crippen LogP contribution is -2.59. The maximum Gasteiger partial charge on any atom is 0.417 e. The first-order chi connectivity index (χ1) is 53.4. The fourth-order valence-corrected chi connectivity index (χ4v) is 19.9. The first-order valence-corrected chi connectivity index (χ1v) is 41.9. The lowest BCUT2D eigenvalue weighted by atomic mass is 9.46. The highest BCUT2D eigenvalue weighted by Gasteiger charge is 2.69. The number of carbonyl (C=O) groups is 8. The van der Waals surface area contributed by atoms with Crippen molar-refractivity contribution in [3.05, 3.63) is 70.8 Å². The van der Waals surface area contributed by atoms with Gasteiger partial charge in [-0.15, -0.1) is 0 Å². The van der Waals surface area contributed by atoms with Crippen LogP contribution in [-0.2, 0) is 72.4 Å². The van der Waals surface area contributed by atoms with E-state index in [1.807, 2.05) is 98.7 Å². The molecule has 18 nitrogen and oxygen atoms in total. The molecule has 7 aliphatic carbocycles. The Bertz CT molecular complexity index is 3770. The maximum atomic E-state index is 13.4. The minimum Gasteiger partial charge on any atom is -0.469 e. The van der Waals surface area contributed by atoms with E-state index in [4.69, 9.17) is 28.4 Å². The lowest BCUT2D eigenvalue weighted by Gasteiger charge is -2.61. The molecule has 11 aliphatic rings. The number of likely N-dealkylation sites (tertiary alicyclic amines) is 1. The molecule has 27 heteroatoms. The molecule has 4 aliphatic heterocycles. The number of amides is 2. The molecule has 4 saturated heterocycles. The molecule has 4 heterocycles. The van der Waals surface area contributed by atoms with Crippen LogP contribution >= 0.6 is 0 Å². The van der Waals surface area contributed by atoms with E-state index in [2.05, 4.69) is 20.8 Å². The van der Waals surface area contributed by atoms with E-state index < -0.39 is 112 Å². The number of methoxy groups -OCH3 is 1. The van der Waals surface area contributed by atoms with Crippen molar-refractivity contribution in [3.8, 4) is 0 Å². The number of ether oxygens (including phenoxy) is 6. The summed E-state index contributed by atoms with van der Waals surface area (Å²) in [7, 11) is 2.96. The summed E-state index contributed by atoms with van der Waals surface area (Å²) < 4.78 is 153. The molecule has 117 heavy (non-hydrogen) atoms. The minimum absolute atomic E-state index is 0.00857. The number of rotatable bonds is 17. The molecule has 17 unspecified atom stereocenters. The third-order valence-electron chi connectivity index (χ3n) is 29.5. The van der Waals surface area contributed by atoms with Crippen LogP contribution in [-0.4, -0.2) is 141 Å². The van der Waals surface area contributed by atoms with Crippen molar-refractivity contribution in [3.63, 3.8) is 0 Å². The van der Waals surface area contributed by atoms with Gasteiger partial charge >= 0.3 is 54.3 Å². The summed E-state index contributed by atoms with van der Waals surface area (Å²) in [5, 5.41) is 30.4. The second kappa shape index (κ2) is 35.2. The van der Waals surface area contributed by atoms with Gasteiger partial charge in [-0.25, -0.2) is 0 Å². The number of cyclic esters (lactones) is 2. The predicted octanol–water partition coefficient (Wildman–Crippen LogP) is 18.7. The zero-order valence-corrected chi connectivity index (χ0v) is 73.0. The summed E-state index contributed by atoms with van der Waals surface area (Å²) in [5.74, 6) is -1.43. The first-order valence-electron chi connectivity index (χ1n) is 41.9. The second-order valence-electron chi connectivity index (χ2n) is 39.3. The number of aryl methyl sites for hydroxylation is 2. The van der Waals surface area contributed by atoms with Crippen molar-refractivity contribution in [2.45, 2.75) is 325 Å². The number of hydrogen-bond donors (Lipinski definition) is 3. The van der Waals surface area contributed by atoms with Crippen LogP contribution < -0.4 is 0 Å². The molecule has 7 saturated carbocycles. The highest BCUT2D eigenvalue weighted by Crippen LogP contribution is 2.66. The molecule has 3 N–H and O–H groups in total. The van der Waals surface area contributed by atoms with Crippen molar-refractivity contribution in [1.82, 2.24) is 4.90 Å². The van der Waals surface area contributed by atoms with Gasteiger partial charge in [0, 0.05) is 67.2 Å². The van der Waals surface area contributed by atoms with Crippen LogP contribution in [0.4, 0.5) is 39.5 Å². The number of benzene rings is 2. The molecule has 17 atom stereocenters. The summed E-state index contributed by atoms with van der Waals surface area (Å²) in [6, 6.07) is 15.4. The predicted molar refractivity (Wildman–Crippen MR) is 419 cm³/mol. The van der Waals surface area contributed by atoms with Crippen molar-refractivity contribution in [1.29, 1.82) is 0 Å². The van der Waals surface area contributed by atoms with Crippen LogP contribution in [0.1, 0.15) is 275 Å². The van der Waals surface area contributed by atoms with Gasteiger partial charge in [0.15, 0.2) is 16.8 Å². The first kappa shape index (κ1) is 97.8. The minimum atomic E-state index is -5.10. The van der Waals surface area contributed by atoms with Gasteiger partial charge in [-0.05, 0) is 227 Å². The van der Waals surface area contributed by atoms with Gasteiger partial charge in [0.1, 0.15) is 22.9 Å². The summed E-state index contributed by atoms with van der Waals surface area (Å²) in [6.07, 6.45) is -4.90. The number of imide groups is 1. The van der Waals surface area contributed by atoms with Crippen molar-refractivity contribution in [2.75, 3.05) is 20.8 Å². The van der Waals surface area contributed by atoms with Gasteiger partial charge in [-0.3, -0.25) is 43.3 Å². The molecule has 2 amide bonds. The summed E-state index contributed by atoms with van der Waals surface area (Å²) in [6.45, 7) is 36.5. The number of aliphatic hydroxyl groups is 3. The number of halogens is 9. The second-order valence-corrected chi connectivity index (χ2v) is 39.3. The van der Waals surface area contributed by atoms with Crippen LogP contribution in [0.5, 0.6) is 0 Å². The average Bonchev–Trinajstić information content (AvgIpc) is 1.72. The van der Waals surface area contributed by atoms with Gasteiger partial charge < -0.3 is 43.7 Å². The Hall–Kier alpha value is -6.35. The number of hydrogen-bond acceptors (Lipinski definition) is 17. The van der Waals surface area contributed by atoms with Gasteiger partial charge in [0.2, 0.25) is 11.8 Å². The van der Waals surface area contributed by atoms with E-state index in [1.165, 1.54) is 63.1 Å². The molecule has 13 rings (SSSR count). The summed E-state index contributed by atoms with van der Waals surface area (Å²) in [5.41, 5.74) is -12.0. The number of nitrogens with zero attached hydrogens (tertiary/aromatic N) is 1. The molecule has 2 aromatic carbocycles. The molecular formula is C90H132F9NO17. The van der Waals surface area contributed by atoms with Crippen LogP contribution in [0, 0.1) is 112 Å². The zero-order chi connectivity index (χ0) is 88.9. The fraction of sp³-hybridized carbons (Fsp3) is 0.778. The Balaban J connectivity index is 0.000000199. The van der Waals surface area contributed by atoms with E-state index >= 15 is 0 Å². The summed E-state index contributed by atoms with van der Waals surface area (Å²) in [4.78, 5) is 95.8. The zero-order valence-electron chi connectivity index (χ0n) is 73.0. The van der Waals surface area contributed by atoms with Crippen molar-refractivity contribution in [2.24, 2.45) is 98.1 Å². The maximum absolute atomic E-state index is 13.4. The van der Waals surface area contributed by atoms with E-state index in [0.717, 1.165) is 61.5 Å². The van der Waals surface area contributed by atoms with Gasteiger partial charge in [0.05, 0.1) is 47.2 Å². The highest BCUT2D eigenvalue weighted by atomic mass is 19.4. The van der Waals surface area contributed by atoms with Crippen LogP contribution in [0.25, 0.3) is 0 Å². The standard InChI is InChI=1S/C19H25F3O3.C19H32O2.C18H26F6O4.C15H22O4.C12H16O2.C7H11NO2/c1-6-16(4)10-18(25-15(16)23,11-17(5,24)19(20,21)22)14-8-12(2)7-13(3)9-14;1-6-17(2,3)16(20)21-18(4,5)19-10-13-7-14(11-19)9-15(8-13)12-19;1-5-13(2)9-16(28-12(13)25)7-10(14(3,26)17(19,20)21)6-11(8-16)15(4,27)18(22,23)24;1-4-15(2,3)14(17)19-11-6-8-5-9(11)12-10(8)7-18-13(12)16;1-9(10(2)12(13)14-3)11-7-5-4-6-8-11;1-4-5(2)7(10)8(3)6(4)9/h7-9,24H,6,10-11H2,1-5H3;13-15H,6-12H2,1-5H3;10-11,26-27H,5-9H2,1-4H3;8-12H,4-7H2,1-3H3;4-10H,1-3H3;4-5H,1-3H3. The molecule has 11 fully saturated rings. The largest absolute Gasteiger partial charge is 0.469 e. The lowest BCUT2D eigenvalue weighted by molar-refractivity contribution is -0.303. The number of fused-ring (bicyclic) bond motifs is 5. The third kappa shape index (κ3) is 20.6. The van der Waals surface area contributed by atoms with Crippen LogP contribution in [0.2, 0.25) is 0 Å². The SMILES string of the molecule is CC1C(=O)N(C)C(=O)C1C.CCC(C)(C)C(=O)OC(C)(C)C12CC3CC(CC(C3)C1)C2.CCC(C)(C)C(=O)OC1CC2CC1C1C(=O)OCC21.CCC1(C)CC(CC(C)(O)C(F)(F)F)(c2cc(C)cc(C)c2)OC1=O.CCC1(C)CC2(CC(C(C)(O)C(F)(F)F)CC(C(C)(O)C(F)(F)F)C2)OC1=O.COC(=O)C(C)C(C)c1ccccc1. The smallest absolute Gasteiger partial charge is 0.417 e. The van der Waals surface area contributed by atoms with Crippen LogP contribution in [0.15, 0.2) is 48.5 Å². The monoisotopic (exact) mass is 1670 g/mol. The fourth-order valence-electron chi connectivity index (χ4n) is 19.9. The van der Waals surface area contributed by atoms with E-state index in [-0.39, 0.29) is 107 Å². The van der Waals surface area contributed by atoms with Gasteiger partial charge in [-0.1, -0.05) is 115 Å². The van der Waals surface area contributed by atoms with E-state index in [9.17, 15) is 93.2 Å². The van der Waals surface area contributed by atoms with Crippen molar-refractivity contribution < 1.29 is 122 Å². The Kier molecular flexibility index (Phi) is 29.4. The van der Waals surface area contributed by atoms with Gasteiger partial charge in [0.25, 0.3) is 0 Å². The van der Waals surface area contributed by atoms with Crippen LogP contribution in [0.3, 0.4) is 0 Å². The number of esters is 6. The Morgan fingerprint density at radius 1 is 0.598 bits per heavy atom. The normalized spacial score (nSPS) is 33.6. The molecule has 2 aromatic rings. The van der Waals surface area contributed by atoms with Gasteiger partial charge in [-0.2, -0.15) is 39.5 Å². The molecular weight excluding hydrogens is 1540 g/mol. The van der Waals surface area contributed by atoms with E-state index in [0.29, 0.717) is 50.7 Å². The molecule has 662 valence electrons. The average molecular weight is 1670 g/mol. The molecule has 6 bridgehead atoms. The molecule has 0 radical (unpaired) electrons. The van der Waals surface area contributed by atoms with Crippen molar-refractivity contribution >= 4 is 47.6 Å². The Morgan fingerprint density at radius 3 is 1.45 bits per heavy atom. The third-order valence-corrected chi connectivity index (χ3v) is 29.5. The summed E-state index contributed by atoms with van der Waals surface area (Å²) >= 11 is 0. The number of carbonyl (C=O) groups excluding carboxylic acids is 8. The molecule has 1 spiro atoms. The topological polar surface area (TPSA) is 256 Å². The van der Waals surface area contributed by atoms with E-state index in [1.54, 1.807) is 53.7 Å². The Morgan fingerprint density at radius 2 is 1.05 bits per heavy atom. The Labute approximate surface area is 686 Å². The highest BCUT2D eigenvalue weighted by molar-refractivity contribution is 6.04.